The summed E-state index contributed by atoms with van der Waals surface area (Å²) in [7, 11) is 5.46. The van der Waals surface area contributed by atoms with Crippen LogP contribution in [0, 0.1) is 0 Å². The summed E-state index contributed by atoms with van der Waals surface area (Å²) in [5.74, 6) is 0.961. The number of para-hydroxylation sites is 1. The summed E-state index contributed by atoms with van der Waals surface area (Å²) < 4.78 is 5.25. The minimum Gasteiger partial charge on any atom is -0.496 e. The Morgan fingerprint density at radius 3 is 2.41 bits per heavy atom. The maximum Gasteiger partial charge on any atom is 0.156 e. The normalized spacial score (nSPS) is 11.6. The Kier molecular flexibility index (Phi) is 4.29. The van der Waals surface area contributed by atoms with Crippen molar-refractivity contribution in [3.63, 3.8) is 0 Å². The Labute approximate surface area is 103 Å². The molecular weight excluding hydrogens is 214 g/mol. The molecule has 1 aromatic rings. The maximum absolute atomic E-state index is 12.2. The second kappa shape index (κ2) is 5.32. The average molecular weight is 235 g/mol. The molecule has 0 aliphatic heterocycles. The number of likely N-dealkylation sites (N-methyl/N-ethyl adjacent to an activating group) is 1. The Hall–Kier alpha value is -1.35. The van der Waals surface area contributed by atoms with E-state index in [0.29, 0.717) is 6.42 Å². The van der Waals surface area contributed by atoms with Crippen molar-refractivity contribution in [1.82, 2.24) is 4.90 Å². The number of ketones is 1. The van der Waals surface area contributed by atoms with Crippen LogP contribution in [0.4, 0.5) is 0 Å². The highest BCUT2D eigenvalue weighted by Crippen LogP contribution is 2.21. The van der Waals surface area contributed by atoms with E-state index in [1.807, 2.05) is 57.1 Å². The predicted molar refractivity (Wildman–Crippen MR) is 69.5 cm³/mol. The number of nitrogens with zero attached hydrogens (tertiary/aromatic N) is 1. The van der Waals surface area contributed by atoms with E-state index in [1.165, 1.54) is 0 Å². The minimum absolute atomic E-state index is 0.187. The summed E-state index contributed by atoms with van der Waals surface area (Å²) in [5.41, 5.74) is 0.482. The van der Waals surface area contributed by atoms with E-state index in [9.17, 15) is 4.79 Å². The molecule has 0 aromatic heterocycles. The van der Waals surface area contributed by atoms with Crippen molar-refractivity contribution >= 4 is 5.78 Å². The fourth-order valence-electron chi connectivity index (χ4n) is 1.49. The average Bonchev–Trinajstić information content (AvgIpc) is 2.29. The summed E-state index contributed by atoms with van der Waals surface area (Å²) in [6.45, 7) is 3.87. The van der Waals surface area contributed by atoms with Gasteiger partial charge < -0.3 is 4.74 Å². The van der Waals surface area contributed by atoms with Crippen LogP contribution in [-0.2, 0) is 11.2 Å². The van der Waals surface area contributed by atoms with E-state index < -0.39 is 5.54 Å². The van der Waals surface area contributed by atoms with Crippen molar-refractivity contribution < 1.29 is 9.53 Å². The van der Waals surface area contributed by atoms with Gasteiger partial charge in [0.2, 0.25) is 0 Å². The van der Waals surface area contributed by atoms with Crippen LogP contribution in [0.25, 0.3) is 0 Å². The van der Waals surface area contributed by atoms with Gasteiger partial charge in [0.15, 0.2) is 5.78 Å². The summed E-state index contributed by atoms with van der Waals surface area (Å²) in [6.07, 6.45) is 0.398. The van der Waals surface area contributed by atoms with Gasteiger partial charge in [-0.2, -0.15) is 0 Å². The molecule has 0 N–H and O–H groups in total. The lowest BCUT2D eigenvalue weighted by atomic mass is 9.92. The van der Waals surface area contributed by atoms with Crippen LogP contribution in [0.2, 0.25) is 0 Å². The van der Waals surface area contributed by atoms with Crippen molar-refractivity contribution in [2.45, 2.75) is 25.8 Å². The van der Waals surface area contributed by atoms with Gasteiger partial charge in [-0.05, 0) is 34.0 Å². The van der Waals surface area contributed by atoms with Crippen LogP contribution in [0.3, 0.4) is 0 Å². The summed E-state index contributed by atoms with van der Waals surface area (Å²) >= 11 is 0. The van der Waals surface area contributed by atoms with Crippen LogP contribution < -0.4 is 4.74 Å². The summed E-state index contributed by atoms with van der Waals surface area (Å²) in [4.78, 5) is 14.2. The quantitative estimate of drug-likeness (QED) is 0.783. The number of methoxy groups -OCH3 is 1. The van der Waals surface area contributed by atoms with Crippen molar-refractivity contribution in [2.24, 2.45) is 0 Å². The number of hydrogen-bond donors (Lipinski definition) is 0. The number of carbonyl (C=O) groups excluding carboxylic acids is 1. The second-order valence-electron chi connectivity index (χ2n) is 4.87. The van der Waals surface area contributed by atoms with Gasteiger partial charge in [-0.1, -0.05) is 18.2 Å². The molecule has 0 saturated heterocycles. The topological polar surface area (TPSA) is 29.5 Å². The molecule has 3 nitrogen and oxygen atoms in total. The van der Waals surface area contributed by atoms with E-state index in [0.717, 1.165) is 11.3 Å². The number of ether oxygens (including phenoxy) is 1. The molecule has 0 unspecified atom stereocenters. The molecule has 0 spiro atoms. The smallest absolute Gasteiger partial charge is 0.156 e. The van der Waals surface area contributed by atoms with E-state index in [2.05, 4.69) is 0 Å². The van der Waals surface area contributed by atoms with E-state index in [1.54, 1.807) is 7.11 Å². The monoisotopic (exact) mass is 235 g/mol. The molecule has 1 rings (SSSR count). The fraction of sp³-hybridized carbons (Fsp3) is 0.500. The van der Waals surface area contributed by atoms with Gasteiger partial charge in [-0.25, -0.2) is 0 Å². The van der Waals surface area contributed by atoms with Gasteiger partial charge in [0.25, 0.3) is 0 Å². The summed E-state index contributed by atoms with van der Waals surface area (Å²) in [5, 5.41) is 0. The van der Waals surface area contributed by atoms with Gasteiger partial charge in [0.05, 0.1) is 12.6 Å². The number of Topliss-reactive ketones (excluding diaryl/α,β-unsaturated/α-hetero) is 1. The molecule has 0 aliphatic rings. The lowest BCUT2D eigenvalue weighted by Gasteiger charge is -2.31. The minimum atomic E-state index is -0.457. The number of hydrogen-bond acceptors (Lipinski definition) is 3. The highest BCUT2D eigenvalue weighted by molar-refractivity contribution is 5.89. The molecule has 0 bridgehead atoms. The fourth-order valence-corrected chi connectivity index (χ4v) is 1.49. The second-order valence-corrected chi connectivity index (χ2v) is 4.87. The lowest BCUT2D eigenvalue weighted by Crippen LogP contribution is -2.46. The Morgan fingerprint density at radius 2 is 1.88 bits per heavy atom. The maximum atomic E-state index is 12.2. The molecule has 94 valence electrons. The largest absolute Gasteiger partial charge is 0.496 e. The highest BCUT2D eigenvalue weighted by atomic mass is 16.5. The Bertz CT molecular complexity index is 397. The zero-order chi connectivity index (χ0) is 13.1. The molecule has 0 aliphatic carbocycles. The molecule has 0 heterocycles. The first-order valence-electron chi connectivity index (χ1n) is 5.72. The molecule has 0 atom stereocenters. The van der Waals surface area contributed by atoms with Crippen LogP contribution >= 0.6 is 0 Å². The third-order valence-corrected chi connectivity index (χ3v) is 3.34. The van der Waals surface area contributed by atoms with Crippen molar-refractivity contribution in [3.05, 3.63) is 29.8 Å². The standard InChI is InChI=1S/C14H21NO2/c1-14(2,15(3)4)13(16)10-11-8-6-7-9-12(11)17-5/h6-9H,10H2,1-5H3. The number of benzene rings is 1. The van der Waals surface area contributed by atoms with E-state index in [4.69, 9.17) is 4.74 Å². The van der Waals surface area contributed by atoms with Crippen molar-refractivity contribution in [3.8, 4) is 5.75 Å². The first kappa shape index (κ1) is 13.7. The van der Waals surface area contributed by atoms with Crippen molar-refractivity contribution in [2.75, 3.05) is 21.2 Å². The molecule has 3 heteroatoms. The Balaban J connectivity index is 2.88. The Morgan fingerprint density at radius 1 is 1.29 bits per heavy atom. The molecule has 0 saturated carbocycles. The zero-order valence-corrected chi connectivity index (χ0v) is 11.3. The molecule has 0 amide bonds. The van der Waals surface area contributed by atoms with Gasteiger partial charge in [-0.15, -0.1) is 0 Å². The molecular formula is C14H21NO2. The molecule has 0 radical (unpaired) electrons. The highest BCUT2D eigenvalue weighted by Gasteiger charge is 2.29. The third-order valence-electron chi connectivity index (χ3n) is 3.34. The van der Waals surface area contributed by atoms with Gasteiger partial charge in [0, 0.05) is 12.0 Å². The predicted octanol–water partition coefficient (Wildman–Crippen LogP) is 2.15. The van der Waals surface area contributed by atoms with Crippen LogP contribution in [-0.4, -0.2) is 37.4 Å². The number of carbonyl (C=O) groups is 1. The third kappa shape index (κ3) is 3.07. The van der Waals surface area contributed by atoms with Gasteiger partial charge in [-0.3, -0.25) is 9.69 Å². The summed E-state index contributed by atoms with van der Waals surface area (Å²) in [6, 6.07) is 7.64. The van der Waals surface area contributed by atoms with Crippen LogP contribution in [0.5, 0.6) is 5.75 Å². The zero-order valence-electron chi connectivity index (χ0n) is 11.3. The van der Waals surface area contributed by atoms with E-state index in [-0.39, 0.29) is 5.78 Å². The SMILES string of the molecule is COc1ccccc1CC(=O)C(C)(C)N(C)C. The van der Waals surface area contributed by atoms with Crippen LogP contribution in [0.1, 0.15) is 19.4 Å². The first-order valence-corrected chi connectivity index (χ1v) is 5.72. The molecule has 1 aromatic carbocycles. The molecule has 17 heavy (non-hydrogen) atoms. The lowest BCUT2D eigenvalue weighted by molar-refractivity contribution is -0.127. The van der Waals surface area contributed by atoms with Crippen LogP contribution in [0.15, 0.2) is 24.3 Å². The van der Waals surface area contributed by atoms with Crippen molar-refractivity contribution in [1.29, 1.82) is 0 Å². The first-order chi connectivity index (χ1) is 7.89. The van der Waals surface area contributed by atoms with Gasteiger partial charge >= 0.3 is 0 Å². The number of rotatable bonds is 5. The van der Waals surface area contributed by atoms with Gasteiger partial charge in [0.1, 0.15) is 5.75 Å². The van der Waals surface area contributed by atoms with E-state index >= 15 is 0 Å². The molecule has 0 fully saturated rings.